The summed E-state index contributed by atoms with van der Waals surface area (Å²) in [5, 5.41) is 0. The van der Waals surface area contributed by atoms with Crippen LogP contribution >= 0.6 is 39.5 Å². The molecule has 2 aromatic rings. The summed E-state index contributed by atoms with van der Waals surface area (Å²) in [6, 6.07) is 19.1. The second kappa shape index (κ2) is 7.93. The highest BCUT2D eigenvalue weighted by molar-refractivity contribution is 9.10. The third-order valence-corrected chi connectivity index (χ3v) is 5.11. The Morgan fingerprint density at radius 2 is 1.28 bits per heavy atom. The monoisotopic (exact) mass is 338 g/mol. The summed E-state index contributed by atoms with van der Waals surface area (Å²) >= 11 is 7.32. The van der Waals surface area contributed by atoms with E-state index in [-0.39, 0.29) is 0 Å². The summed E-state index contributed by atoms with van der Waals surface area (Å²) in [6.45, 7) is 0. The Morgan fingerprint density at radius 3 is 1.89 bits per heavy atom. The van der Waals surface area contributed by atoms with E-state index in [1.807, 2.05) is 23.5 Å². The lowest BCUT2D eigenvalue weighted by molar-refractivity contribution is 1.12. The zero-order valence-electron chi connectivity index (χ0n) is 10.0. The number of benzene rings is 2. The van der Waals surface area contributed by atoms with Crippen LogP contribution in [0.4, 0.5) is 0 Å². The normalized spacial score (nSPS) is 10.5. The van der Waals surface area contributed by atoms with Crippen molar-refractivity contribution in [1.82, 2.24) is 0 Å². The fraction of sp³-hybridized carbons (Fsp3) is 0.200. The zero-order valence-corrected chi connectivity index (χ0v) is 13.2. The number of hydrogen-bond acceptors (Lipinski definition) is 2. The van der Waals surface area contributed by atoms with Crippen molar-refractivity contribution >= 4 is 39.5 Å². The van der Waals surface area contributed by atoms with E-state index in [1.165, 1.54) is 27.7 Å². The largest absolute Gasteiger partial charge is 0.126 e. The average Bonchev–Trinajstić information content (AvgIpc) is 2.42. The molecule has 0 unspecified atom stereocenters. The van der Waals surface area contributed by atoms with Crippen LogP contribution in [0.2, 0.25) is 0 Å². The topological polar surface area (TPSA) is 0 Å². The van der Waals surface area contributed by atoms with Crippen molar-refractivity contribution in [3.63, 3.8) is 0 Å². The van der Waals surface area contributed by atoms with Crippen molar-refractivity contribution < 1.29 is 0 Å². The van der Waals surface area contributed by atoms with Crippen LogP contribution in [0.5, 0.6) is 0 Å². The van der Waals surface area contributed by atoms with Gasteiger partial charge in [-0.15, -0.1) is 23.5 Å². The Bertz CT molecular complexity index is 454. The molecule has 0 aliphatic carbocycles. The van der Waals surface area contributed by atoms with E-state index in [4.69, 9.17) is 0 Å². The third kappa shape index (κ3) is 5.09. The smallest absolute Gasteiger partial charge is 0.0176 e. The second-order valence-electron chi connectivity index (χ2n) is 3.82. The Kier molecular flexibility index (Phi) is 6.18. The summed E-state index contributed by atoms with van der Waals surface area (Å²) in [5.41, 5.74) is 0. The lowest BCUT2D eigenvalue weighted by Gasteiger charge is -2.02. The van der Waals surface area contributed by atoms with Gasteiger partial charge in [0.1, 0.15) is 0 Å². The second-order valence-corrected chi connectivity index (χ2v) is 7.07. The fourth-order valence-corrected chi connectivity index (χ4v) is 3.66. The van der Waals surface area contributed by atoms with Crippen LogP contribution in [0.1, 0.15) is 6.42 Å². The number of rotatable bonds is 6. The molecule has 0 aliphatic heterocycles. The van der Waals surface area contributed by atoms with Crippen molar-refractivity contribution in [2.45, 2.75) is 16.2 Å². The first-order valence-corrected chi connectivity index (χ1v) is 8.67. The van der Waals surface area contributed by atoms with Gasteiger partial charge in [0, 0.05) is 14.3 Å². The molecule has 0 bridgehead atoms. The summed E-state index contributed by atoms with van der Waals surface area (Å²) in [4.78, 5) is 2.72. The van der Waals surface area contributed by atoms with Crippen LogP contribution in [0, 0.1) is 0 Å². The van der Waals surface area contributed by atoms with Gasteiger partial charge in [0.15, 0.2) is 0 Å². The average molecular weight is 339 g/mol. The van der Waals surface area contributed by atoms with Crippen LogP contribution in [0.25, 0.3) is 0 Å². The molecule has 0 saturated heterocycles. The van der Waals surface area contributed by atoms with Crippen molar-refractivity contribution in [3.8, 4) is 0 Å². The molecule has 0 aromatic heterocycles. The minimum Gasteiger partial charge on any atom is -0.126 e. The maximum absolute atomic E-state index is 3.45. The maximum atomic E-state index is 3.45. The van der Waals surface area contributed by atoms with Gasteiger partial charge in [-0.25, -0.2) is 0 Å². The van der Waals surface area contributed by atoms with E-state index in [9.17, 15) is 0 Å². The quantitative estimate of drug-likeness (QED) is 0.487. The lowest BCUT2D eigenvalue weighted by Crippen LogP contribution is -1.84. The van der Waals surface area contributed by atoms with Crippen molar-refractivity contribution in [2.24, 2.45) is 0 Å². The van der Waals surface area contributed by atoms with Crippen LogP contribution in [-0.2, 0) is 0 Å². The minimum absolute atomic E-state index is 1.14. The van der Waals surface area contributed by atoms with Crippen LogP contribution in [0.3, 0.4) is 0 Å². The molecule has 0 N–H and O–H groups in total. The van der Waals surface area contributed by atoms with Gasteiger partial charge in [-0.05, 0) is 54.3 Å². The number of halogens is 1. The van der Waals surface area contributed by atoms with Gasteiger partial charge in [-0.2, -0.15) is 0 Å². The van der Waals surface area contributed by atoms with Crippen molar-refractivity contribution in [3.05, 3.63) is 59.1 Å². The lowest BCUT2D eigenvalue weighted by atomic mass is 10.4. The molecule has 3 heteroatoms. The zero-order chi connectivity index (χ0) is 12.6. The SMILES string of the molecule is Brc1ccc(SCCCSc2ccccc2)cc1. The summed E-state index contributed by atoms with van der Waals surface area (Å²) in [6.07, 6.45) is 1.24. The molecule has 0 radical (unpaired) electrons. The Labute approximate surface area is 126 Å². The van der Waals surface area contributed by atoms with E-state index in [1.54, 1.807) is 0 Å². The molecule has 0 aliphatic rings. The molecule has 0 saturated carbocycles. The molecule has 94 valence electrons. The first-order valence-electron chi connectivity index (χ1n) is 5.91. The van der Waals surface area contributed by atoms with E-state index < -0.39 is 0 Å². The van der Waals surface area contributed by atoms with Gasteiger partial charge in [-0.1, -0.05) is 34.1 Å². The van der Waals surface area contributed by atoms with E-state index >= 15 is 0 Å². The molecule has 0 nitrogen and oxygen atoms in total. The van der Waals surface area contributed by atoms with Crippen molar-refractivity contribution in [1.29, 1.82) is 0 Å². The molecule has 0 amide bonds. The molecule has 18 heavy (non-hydrogen) atoms. The number of thioether (sulfide) groups is 2. The highest BCUT2D eigenvalue weighted by Gasteiger charge is 1.96. The first-order chi connectivity index (χ1) is 8.84. The van der Waals surface area contributed by atoms with Crippen LogP contribution < -0.4 is 0 Å². The molecule has 2 aromatic carbocycles. The first kappa shape index (κ1) is 14.0. The van der Waals surface area contributed by atoms with Gasteiger partial charge in [0.05, 0.1) is 0 Å². The van der Waals surface area contributed by atoms with Crippen LogP contribution in [0.15, 0.2) is 68.9 Å². The molecular weight excluding hydrogens is 324 g/mol. The van der Waals surface area contributed by atoms with Gasteiger partial charge in [0.2, 0.25) is 0 Å². The molecule has 2 rings (SSSR count). The third-order valence-electron chi connectivity index (χ3n) is 2.38. The number of hydrogen-bond donors (Lipinski definition) is 0. The maximum Gasteiger partial charge on any atom is 0.0176 e. The molecular formula is C15H15BrS2. The Balaban J connectivity index is 1.63. The predicted molar refractivity (Wildman–Crippen MR) is 86.6 cm³/mol. The fourth-order valence-electron chi connectivity index (χ4n) is 1.49. The predicted octanol–water partition coefficient (Wildman–Crippen LogP) is 5.72. The standard InChI is InChI=1S/C15H15BrS2/c16-13-7-9-15(10-8-13)18-12-4-11-17-14-5-2-1-3-6-14/h1-3,5-10H,4,11-12H2. The minimum atomic E-state index is 1.14. The Hall–Kier alpha value is -0.380. The summed E-state index contributed by atoms with van der Waals surface area (Å²) in [7, 11) is 0. The molecule has 0 fully saturated rings. The van der Waals surface area contributed by atoms with Crippen molar-refractivity contribution in [2.75, 3.05) is 11.5 Å². The summed E-state index contributed by atoms with van der Waals surface area (Å²) < 4.78 is 1.14. The van der Waals surface area contributed by atoms with Crippen LogP contribution in [-0.4, -0.2) is 11.5 Å². The van der Waals surface area contributed by atoms with E-state index in [2.05, 4.69) is 70.5 Å². The van der Waals surface area contributed by atoms with Gasteiger partial charge in [-0.3, -0.25) is 0 Å². The highest BCUT2D eigenvalue weighted by Crippen LogP contribution is 2.23. The molecule has 0 heterocycles. The molecule has 0 spiro atoms. The summed E-state index contributed by atoms with van der Waals surface area (Å²) in [5.74, 6) is 2.37. The highest BCUT2D eigenvalue weighted by atomic mass is 79.9. The molecule has 0 atom stereocenters. The van der Waals surface area contributed by atoms with Gasteiger partial charge >= 0.3 is 0 Å². The van der Waals surface area contributed by atoms with Gasteiger partial charge in [0.25, 0.3) is 0 Å². The van der Waals surface area contributed by atoms with Gasteiger partial charge < -0.3 is 0 Å². The van der Waals surface area contributed by atoms with E-state index in [0.717, 1.165) is 4.47 Å². The van der Waals surface area contributed by atoms with E-state index in [0.29, 0.717) is 0 Å². The Morgan fingerprint density at radius 1 is 0.722 bits per heavy atom.